The first-order chi connectivity index (χ1) is 11.1. The fourth-order valence-corrected chi connectivity index (χ4v) is 2.23. The maximum atomic E-state index is 12.5. The molecule has 9 nitrogen and oxygen atoms in total. The van der Waals surface area contributed by atoms with Crippen LogP contribution in [0.3, 0.4) is 0 Å². The van der Waals surface area contributed by atoms with E-state index in [2.05, 4.69) is 15.0 Å². The minimum atomic E-state index is -5.09. The van der Waals surface area contributed by atoms with Crippen LogP contribution in [0.1, 0.15) is 13.2 Å². The minimum absolute atomic E-state index is 0.103. The van der Waals surface area contributed by atoms with Crippen LogP contribution in [0.2, 0.25) is 0 Å². The lowest BCUT2D eigenvalue weighted by atomic mass is 10.1. The van der Waals surface area contributed by atoms with E-state index in [-0.39, 0.29) is 5.82 Å². The molecule has 1 aliphatic heterocycles. The van der Waals surface area contributed by atoms with Crippen molar-refractivity contribution < 1.29 is 37.7 Å². The average molecular weight is 353 g/mol. The minimum Gasteiger partial charge on any atom is -0.394 e. The Hall–Kier alpha value is -2.02. The van der Waals surface area contributed by atoms with Gasteiger partial charge in [0.15, 0.2) is 6.23 Å². The highest BCUT2D eigenvalue weighted by atomic mass is 19.4. The van der Waals surface area contributed by atoms with Crippen molar-refractivity contribution in [1.29, 1.82) is 0 Å². The van der Waals surface area contributed by atoms with Gasteiger partial charge in [-0.1, -0.05) is 0 Å². The van der Waals surface area contributed by atoms with Gasteiger partial charge in [-0.3, -0.25) is 14.1 Å². The summed E-state index contributed by atoms with van der Waals surface area (Å²) in [7, 11) is 0. The van der Waals surface area contributed by atoms with Crippen LogP contribution < -0.4 is 11.0 Å². The van der Waals surface area contributed by atoms with Gasteiger partial charge < -0.3 is 20.3 Å². The van der Waals surface area contributed by atoms with Gasteiger partial charge in [0, 0.05) is 13.1 Å². The molecule has 0 aliphatic carbocycles. The molecule has 24 heavy (non-hydrogen) atoms. The Labute approximate surface area is 132 Å². The molecule has 1 amide bonds. The molecule has 1 aliphatic rings. The Morgan fingerprint density at radius 3 is 2.71 bits per heavy atom. The second kappa shape index (κ2) is 6.84. The molecule has 4 atom stereocenters. The summed E-state index contributed by atoms with van der Waals surface area (Å²) in [5.41, 5.74) is -1.03. The van der Waals surface area contributed by atoms with Crippen LogP contribution in [0.15, 0.2) is 17.1 Å². The zero-order valence-electron chi connectivity index (χ0n) is 12.2. The molecule has 0 bridgehead atoms. The van der Waals surface area contributed by atoms with E-state index < -0.39 is 49.1 Å². The first-order valence-electron chi connectivity index (χ1n) is 6.68. The number of ether oxygens (including phenoxy) is 2. The molecule has 1 saturated heterocycles. The molecular weight excluding hydrogens is 339 g/mol. The number of aromatic nitrogens is 2. The summed E-state index contributed by atoms with van der Waals surface area (Å²) in [5, 5.41) is 21.1. The number of hydrogen-bond acceptors (Lipinski definition) is 7. The van der Waals surface area contributed by atoms with Crippen molar-refractivity contribution >= 4 is 11.7 Å². The first-order valence-corrected chi connectivity index (χ1v) is 6.68. The highest BCUT2D eigenvalue weighted by Gasteiger charge is 2.50. The zero-order chi connectivity index (χ0) is 18.1. The number of nitrogens with zero attached hydrogens (tertiary/aromatic N) is 2. The van der Waals surface area contributed by atoms with E-state index >= 15 is 0 Å². The molecule has 3 N–H and O–H groups in total. The lowest BCUT2D eigenvalue weighted by Gasteiger charge is -2.23. The number of alkyl halides is 3. The van der Waals surface area contributed by atoms with Gasteiger partial charge in [-0.25, -0.2) is 4.79 Å². The van der Waals surface area contributed by atoms with Gasteiger partial charge in [-0.15, -0.1) is 13.2 Å². The molecule has 2 rings (SSSR count). The SMILES string of the molecule is CC(=O)Nc1ccn([C@@H]2O[C@H](CO)C(O)C2OC(F)(F)F)c(=O)n1. The average Bonchev–Trinajstić information content (AvgIpc) is 2.74. The number of anilines is 1. The number of rotatable bonds is 4. The summed E-state index contributed by atoms with van der Waals surface area (Å²) in [4.78, 5) is 26.3. The molecule has 1 aromatic rings. The van der Waals surface area contributed by atoms with Crippen LogP contribution in [0.4, 0.5) is 19.0 Å². The molecule has 1 fully saturated rings. The summed E-state index contributed by atoms with van der Waals surface area (Å²) in [5.74, 6) is -0.597. The molecule has 0 radical (unpaired) electrons. The molecule has 0 saturated carbocycles. The van der Waals surface area contributed by atoms with E-state index in [1.165, 1.54) is 6.92 Å². The van der Waals surface area contributed by atoms with Gasteiger partial charge in [0.05, 0.1) is 6.61 Å². The molecular formula is C12H14F3N3O6. The number of aliphatic hydroxyl groups is 2. The van der Waals surface area contributed by atoms with Crippen molar-refractivity contribution in [1.82, 2.24) is 9.55 Å². The lowest BCUT2D eigenvalue weighted by Crippen LogP contribution is -2.41. The Morgan fingerprint density at radius 2 is 2.21 bits per heavy atom. The highest BCUT2D eigenvalue weighted by Crippen LogP contribution is 2.35. The first kappa shape index (κ1) is 18.3. The van der Waals surface area contributed by atoms with Crippen LogP contribution in [0, 0.1) is 0 Å². The van der Waals surface area contributed by atoms with E-state index in [0.717, 1.165) is 12.3 Å². The summed E-state index contributed by atoms with van der Waals surface area (Å²) < 4.78 is 47.1. The molecule has 1 aromatic heterocycles. The number of amides is 1. The molecule has 2 unspecified atom stereocenters. The normalized spacial score (nSPS) is 27.2. The third-order valence-corrected chi connectivity index (χ3v) is 3.17. The van der Waals surface area contributed by atoms with Crippen LogP contribution in [-0.2, 0) is 14.3 Å². The predicted molar refractivity (Wildman–Crippen MR) is 70.7 cm³/mol. The quantitative estimate of drug-likeness (QED) is 0.658. The summed E-state index contributed by atoms with van der Waals surface area (Å²) in [6.07, 6.45) is -10.9. The van der Waals surface area contributed by atoms with Crippen LogP contribution in [-0.4, -0.2) is 57.0 Å². The molecule has 134 valence electrons. The van der Waals surface area contributed by atoms with Crippen molar-refractivity contribution in [2.45, 2.75) is 37.8 Å². The van der Waals surface area contributed by atoms with Crippen LogP contribution in [0.5, 0.6) is 0 Å². The van der Waals surface area contributed by atoms with Gasteiger partial charge in [-0.2, -0.15) is 4.98 Å². The second-order valence-electron chi connectivity index (χ2n) is 4.95. The number of carbonyl (C=O) groups excluding carboxylic acids is 1. The van der Waals surface area contributed by atoms with Gasteiger partial charge >= 0.3 is 12.1 Å². The van der Waals surface area contributed by atoms with Crippen molar-refractivity contribution in [3.63, 3.8) is 0 Å². The van der Waals surface area contributed by atoms with E-state index in [1.807, 2.05) is 0 Å². The van der Waals surface area contributed by atoms with Gasteiger partial charge in [0.2, 0.25) is 5.91 Å². The fraction of sp³-hybridized carbons (Fsp3) is 0.583. The third kappa shape index (κ3) is 4.08. The summed E-state index contributed by atoms with van der Waals surface area (Å²) >= 11 is 0. The van der Waals surface area contributed by atoms with E-state index in [1.54, 1.807) is 0 Å². The monoisotopic (exact) mass is 353 g/mol. The zero-order valence-corrected chi connectivity index (χ0v) is 12.2. The van der Waals surface area contributed by atoms with Gasteiger partial charge in [-0.05, 0) is 6.07 Å². The predicted octanol–water partition coefficient (Wildman–Crippen LogP) is -0.643. The number of nitrogens with one attached hydrogen (secondary N) is 1. The van der Waals surface area contributed by atoms with Crippen molar-refractivity contribution in [2.75, 3.05) is 11.9 Å². The summed E-state index contributed by atoms with van der Waals surface area (Å²) in [6.45, 7) is 0.407. The molecule has 12 heteroatoms. The van der Waals surface area contributed by atoms with E-state index in [0.29, 0.717) is 4.57 Å². The van der Waals surface area contributed by atoms with Gasteiger partial charge in [0.25, 0.3) is 0 Å². The Morgan fingerprint density at radius 1 is 1.54 bits per heavy atom. The van der Waals surface area contributed by atoms with Crippen molar-refractivity contribution in [3.05, 3.63) is 22.7 Å². The molecule has 0 aromatic carbocycles. The Bertz CT molecular complexity index is 664. The molecule has 2 heterocycles. The van der Waals surface area contributed by atoms with Crippen LogP contribution >= 0.6 is 0 Å². The number of aliphatic hydroxyl groups excluding tert-OH is 2. The number of carbonyl (C=O) groups is 1. The highest BCUT2D eigenvalue weighted by molar-refractivity contribution is 5.87. The van der Waals surface area contributed by atoms with Crippen molar-refractivity contribution in [2.24, 2.45) is 0 Å². The second-order valence-corrected chi connectivity index (χ2v) is 4.95. The van der Waals surface area contributed by atoms with Crippen LogP contribution in [0.25, 0.3) is 0 Å². The standard InChI is InChI=1S/C12H14F3N3O6/c1-5(20)16-7-2-3-18(11(22)17-7)10-9(24-12(13,14)15)8(21)6(4-19)23-10/h2-3,6,8-10,19,21H,4H2,1H3,(H,16,17,20,22)/t6-,8?,9?,10-/m1/s1. The maximum Gasteiger partial charge on any atom is 0.523 e. The third-order valence-electron chi connectivity index (χ3n) is 3.17. The molecule has 0 spiro atoms. The fourth-order valence-electron chi connectivity index (χ4n) is 2.23. The smallest absolute Gasteiger partial charge is 0.394 e. The largest absolute Gasteiger partial charge is 0.523 e. The number of hydrogen-bond donors (Lipinski definition) is 3. The summed E-state index contributed by atoms with van der Waals surface area (Å²) in [6, 6.07) is 1.16. The topological polar surface area (TPSA) is 123 Å². The maximum absolute atomic E-state index is 12.5. The lowest BCUT2D eigenvalue weighted by molar-refractivity contribution is -0.356. The van der Waals surface area contributed by atoms with Gasteiger partial charge in [0.1, 0.15) is 24.1 Å². The van der Waals surface area contributed by atoms with E-state index in [4.69, 9.17) is 9.84 Å². The van der Waals surface area contributed by atoms with Crippen molar-refractivity contribution in [3.8, 4) is 0 Å². The Kier molecular flexibility index (Phi) is 5.22. The number of halogens is 3. The Balaban J connectivity index is 2.33. The van der Waals surface area contributed by atoms with E-state index in [9.17, 15) is 27.9 Å².